The molecule has 0 radical (unpaired) electrons. The molecule has 7 nitrogen and oxygen atoms in total. The maximum Gasteiger partial charge on any atom is 0.387 e. The van der Waals surface area contributed by atoms with Crippen LogP contribution in [0.5, 0.6) is 5.75 Å². The molecule has 10 heteroatoms. The summed E-state index contributed by atoms with van der Waals surface area (Å²) in [7, 11) is 0. The summed E-state index contributed by atoms with van der Waals surface area (Å²) in [4.78, 5) is 25.0. The van der Waals surface area contributed by atoms with Gasteiger partial charge in [0.15, 0.2) is 0 Å². The fraction of sp³-hybridized carbons (Fsp3) is 0.353. The molecule has 1 fully saturated rings. The van der Waals surface area contributed by atoms with Gasteiger partial charge in [-0.15, -0.1) is 0 Å². The van der Waals surface area contributed by atoms with Gasteiger partial charge in [-0.1, -0.05) is 0 Å². The van der Waals surface area contributed by atoms with Gasteiger partial charge in [0, 0.05) is 25.4 Å². The van der Waals surface area contributed by atoms with Crippen LogP contribution >= 0.6 is 0 Å². The number of rotatable bonds is 5. The minimum absolute atomic E-state index is 0.0767. The fourth-order valence-corrected chi connectivity index (χ4v) is 3.02. The molecule has 1 N–H and O–H groups in total. The van der Waals surface area contributed by atoms with E-state index in [1.807, 2.05) is 0 Å². The van der Waals surface area contributed by atoms with Crippen molar-refractivity contribution in [2.45, 2.75) is 25.5 Å². The second kappa shape index (κ2) is 7.68. The highest BCUT2D eigenvalue weighted by molar-refractivity contribution is 5.97. The summed E-state index contributed by atoms with van der Waals surface area (Å²) in [6.07, 6.45) is 3.71. The van der Waals surface area contributed by atoms with Crippen LogP contribution in [-0.4, -0.2) is 51.4 Å². The van der Waals surface area contributed by atoms with E-state index < -0.39 is 30.1 Å². The maximum absolute atomic E-state index is 13.3. The van der Waals surface area contributed by atoms with Gasteiger partial charge in [0.2, 0.25) is 0 Å². The van der Waals surface area contributed by atoms with Gasteiger partial charge in [-0.05, 0) is 25.0 Å². The van der Waals surface area contributed by atoms with E-state index in [9.17, 15) is 22.8 Å². The molecule has 2 heterocycles. The summed E-state index contributed by atoms with van der Waals surface area (Å²) in [6.45, 7) is -2.54. The van der Waals surface area contributed by atoms with E-state index in [0.717, 1.165) is 18.2 Å². The summed E-state index contributed by atoms with van der Waals surface area (Å²) in [5, 5.41) is 13.0. The number of carbonyl (C=O) groups excluding carboxylic acids is 1. The molecule has 1 aliphatic heterocycles. The number of alkyl halides is 2. The van der Waals surface area contributed by atoms with E-state index in [-0.39, 0.29) is 17.2 Å². The number of carboxylic acid groups (broad SMARTS) is 1. The van der Waals surface area contributed by atoms with Crippen molar-refractivity contribution in [3.63, 3.8) is 0 Å². The number of likely N-dealkylation sites (tertiary alicyclic amines) is 1. The van der Waals surface area contributed by atoms with Gasteiger partial charge in [-0.25, -0.2) is 9.18 Å². The molecule has 0 bridgehead atoms. The quantitative estimate of drug-likeness (QED) is 0.858. The Hall–Kier alpha value is -3.04. The molecule has 3 rings (SSSR count). The summed E-state index contributed by atoms with van der Waals surface area (Å²) in [6, 6.07) is 2.81. The first-order chi connectivity index (χ1) is 12.8. The molecular formula is C17H16F3N3O4. The zero-order valence-electron chi connectivity index (χ0n) is 14.0. The first-order valence-corrected chi connectivity index (χ1v) is 8.16. The van der Waals surface area contributed by atoms with Gasteiger partial charge in [0.1, 0.15) is 11.6 Å². The van der Waals surface area contributed by atoms with E-state index in [0.29, 0.717) is 25.9 Å². The number of amides is 1. The molecule has 2 aromatic rings. The lowest BCUT2D eigenvalue weighted by molar-refractivity contribution is -0.0504. The number of carboxylic acids is 1. The third kappa shape index (κ3) is 4.21. The largest absolute Gasteiger partial charge is 0.478 e. The molecule has 0 atom stereocenters. The molecule has 1 saturated heterocycles. The lowest BCUT2D eigenvalue weighted by atomic mass is 10.0. The smallest absolute Gasteiger partial charge is 0.387 e. The molecule has 0 unspecified atom stereocenters. The Balaban J connectivity index is 1.69. The van der Waals surface area contributed by atoms with E-state index in [1.165, 1.54) is 17.3 Å². The van der Waals surface area contributed by atoms with Gasteiger partial charge in [0.25, 0.3) is 5.91 Å². The Morgan fingerprint density at radius 1 is 1.26 bits per heavy atom. The molecule has 1 amide bonds. The van der Waals surface area contributed by atoms with Crippen molar-refractivity contribution in [3.8, 4) is 5.75 Å². The van der Waals surface area contributed by atoms with Gasteiger partial charge in [-0.3, -0.25) is 9.48 Å². The van der Waals surface area contributed by atoms with Crippen molar-refractivity contribution in [1.82, 2.24) is 14.7 Å². The zero-order valence-corrected chi connectivity index (χ0v) is 14.0. The van der Waals surface area contributed by atoms with Crippen LogP contribution in [0.2, 0.25) is 0 Å². The van der Waals surface area contributed by atoms with Gasteiger partial charge in [-0.2, -0.15) is 13.9 Å². The van der Waals surface area contributed by atoms with Crippen molar-refractivity contribution < 1.29 is 32.6 Å². The van der Waals surface area contributed by atoms with Crippen LogP contribution in [0.1, 0.15) is 39.6 Å². The lowest BCUT2D eigenvalue weighted by Crippen LogP contribution is -2.39. The topological polar surface area (TPSA) is 84.7 Å². The normalized spacial score (nSPS) is 15.2. The van der Waals surface area contributed by atoms with Gasteiger partial charge < -0.3 is 14.7 Å². The highest BCUT2D eigenvalue weighted by atomic mass is 19.3. The number of nitrogens with zero attached hydrogens (tertiary/aromatic N) is 3. The first-order valence-electron chi connectivity index (χ1n) is 8.16. The molecular weight excluding hydrogens is 367 g/mol. The van der Waals surface area contributed by atoms with Crippen LogP contribution < -0.4 is 4.74 Å². The molecule has 0 saturated carbocycles. The standard InChI is InChI=1S/C17H16F3N3O4/c18-11-1-2-13(14(7-11)27-17(19)20)15(24)22-5-3-12(4-6-22)23-9-10(8-21-23)16(25)26/h1-2,7-9,12,17H,3-6H2,(H,25,26). The predicted octanol–water partition coefficient (Wildman–Crippen LogP) is 2.80. The van der Waals surface area contributed by atoms with Crippen molar-refractivity contribution >= 4 is 11.9 Å². The summed E-state index contributed by atoms with van der Waals surface area (Å²) >= 11 is 0. The van der Waals surface area contributed by atoms with Crippen molar-refractivity contribution in [2.75, 3.05) is 13.1 Å². The van der Waals surface area contributed by atoms with E-state index in [1.54, 1.807) is 4.68 Å². The summed E-state index contributed by atoms with van der Waals surface area (Å²) < 4.78 is 44.1. The highest BCUT2D eigenvalue weighted by Crippen LogP contribution is 2.27. The first kappa shape index (κ1) is 18.7. The summed E-state index contributed by atoms with van der Waals surface area (Å²) in [5.74, 6) is -2.89. The Morgan fingerprint density at radius 3 is 2.56 bits per heavy atom. The minimum Gasteiger partial charge on any atom is -0.478 e. The van der Waals surface area contributed by atoms with Gasteiger partial charge in [0.05, 0.1) is 23.4 Å². The zero-order chi connectivity index (χ0) is 19.6. The van der Waals surface area contributed by atoms with Crippen LogP contribution in [0.3, 0.4) is 0 Å². The average molecular weight is 383 g/mol. The molecule has 144 valence electrons. The number of piperidine rings is 1. The number of hydrogen-bond donors (Lipinski definition) is 1. The van der Waals surface area contributed by atoms with Crippen LogP contribution in [0, 0.1) is 5.82 Å². The predicted molar refractivity (Wildman–Crippen MR) is 86.4 cm³/mol. The van der Waals surface area contributed by atoms with Crippen molar-refractivity contribution in [2.24, 2.45) is 0 Å². The van der Waals surface area contributed by atoms with Crippen LogP contribution in [0.25, 0.3) is 0 Å². The van der Waals surface area contributed by atoms with Crippen molar-refractivity contribution in [3.05, 3.63) is 47.5 Å². The van der Waals surface area contributed by atoms with E-state index >= 15 is 0 Å². The van der Waals surface area contributed by atoms with Crippen LogP contribution in [0.15, 0.2) is 30.6 Å². The third-order valence-electron chi connectivity index (χ3n) is 4.36. The number of hydrogen-bond acceptors (Lipinski definition) is 4. The molecule has 0 aliphatic carbocycles. The Labute approximate surface area is 151 Å². The van der Waals surface area contributed by atoms with Crippen molar-refractivity contribution in [1.29, 1.82) is 0 Å². The number of aromatic nitrogens is 2. The molecule has 1 aliphatic rings. The molecule has 0 spiro atoms. The Kier molecular flexibility index (Phi) is 5.33. The van der Waals surface area contributed by atoms with E-state index in [4.69, 9.17) is 5.11 Å². The monoisotopic (exact) mass is 383 g/mol. The number of ether oxygens (including phenoxy) is 1. The number of carbonyl (C=O) groups is 2. The fourth-order valence-electron chi connectivity index (χ4n) is 3.02. The number of aromatic carboxylic acids is 1. The minimum atomic E-state index is -3.17. The third-order valence-corrected chi connectivity index (χ3v) is 4.36. The number of halogens is 3. The van der Waals surface area contributed by atoms with Gasteiger partial charge >= 0.3 is 12.6 Å². The maximum atomic E-state index is 13.3. The molecule has 1 aromatic heterocycles. The lowest BCUT2D eigenvalue weighted by Gasteiger charge is -2.32. The highest BCUT2D eigenvalue weighted by Gasteiger charge is 2.27. The van der Waals surface area contributed by atoms with Crippen LogP contribution in [-0.2, 0) is 0 Å². The second-order valence-electron chi connectivity index (χ2n) is 6.06. The Bertz CT molecular complexity index is 848. The molecule has 1 aromatic carbocycles. The van der Waals surface area contributed by atoms with Crippen LogP contribution in [0.4, 0.5) is 13.2 Å². The molecule has 27 heavy (non-hydrogen) atoms. The second-order valence-corrected chi connectivity index (χ2v) is 6.06. The SMILES string of the molecule is O=C(O)c1cnn(C2CCN(C(=O)c3ccc(F)cc3OC(F)F)CC2)c1. The van der Waals surface area contributed by atoms with E-state index in [2.05, 4.69) is 9.84 Å². The average Bonchev–Trinajstić information content (AvgIpc) is 3.11. The Morgan fingerprint density at radius 2 is 1.96 bits per heavy atom. The number of benzene rings is 1. The summed E-state index contributed by atoms with van der Waals surface area (Å²) in [5.41, 5.74) is -0.0592.